The smallest absolute Gasteiger partial charge is 0.407 e. The van der Waals surface area contributed by atoms with E-state index in [1.54, 1.807) is 0 Å². The molecule has 0 bridgehead atoms. The number of halogens is 1. The van der Waals surface area contributed by atoms with E-state index >= 15 is 0 Å². The minimum Gasteiger partial charge on any atom is -0.465 e. The Balaban J connectivity index is 2.00. The third-order valence-electron chi connectivity index (χ3n) is 2.56. The van der Waals surface area contributed by atoms with Gasteiger partial charge in [0.1, 0.15) is 5.02 Å². The molecule has 1 fully saturated rings. The Bertz CT molecular complexity index is 489. The van der Waals surface area contributed by atoms with Crippen LogP contribution >= 0.6 is 11.6 Å². The molecule has 1 saturated heterocycles. The van der Waals surface area contributed by atoms with E-state index in [-0.39, 0.29) is 11.1 Å². The third kappa shape index (κ3) is 2.68. The summed E-state index contributed by atoms with van der Waals surface area (Å²) in [5.74, 6) is 0.302. The molecule has 0 aliphatic carbocycles. The van der Waals surface area contributed by atoms with Crippen LogP contribution in [0.15, 0.2) is 11.0 Å². The predicted molar refractivity (Wildman–Crippen MR) is 61.5 cm³/mol. The summed E-state index contributed by atoms with van der Waals surface area (Å²) >= 11 is 5.54. The Hall–Kier alpha value is -1.76. The quantitative estimate of drug-likeness (QED) is 0.721. The van der Waals surface area contributed by atoms with Gasteiger partial charge >= 0.3 is 6.09 Å². The van der Waals surface area contributed by atoms with Crippen molar-refractivity contribution in [3.8, 4) is 0 Å². The van der Waals surface area contributed by atoms with Crippen molar-refractivity contribution in [3.05, 3.63) is 21.6 Å². The number of hydrogen-bond acceptors (Lipinski definition) is 4. The molecule has 1 aromatic heterocycles. The second kappa shape index (κ2) is 4.62. The first-order valence-corrected chi connectivity index (χ1v) is 5.43. The van der Waals surface area contributed by atoms with Crippen molar-refractivity contribution in [2.75, 3.05) is 18.4 Å². The number of rotatable bonds is 2. The van der Waals surface area contributed by atoms with E-state index in [9.17, 15) is 9.59 Å². The van der Waals surface area contributed by atoms with Gasteiger partial charge in [0.2, 0.25) is 5.95 Å². The van der Waals surface area contributed by atoms with E-state index < -0.39 is 11.7 Å². The van der Waals surface area contributed by atoms with Crippen molar-refractivity contribution in [1.82, 2.24) is 14.9 Å². The molecule has 17 heavy (non-hydrogen) atoms. The molecular formula is C9H11ClN4O3. The van der Waals surface area contributed by atoms with Crippen molar-refractivity contribution in [2.45, 2.75) is 12.5 Å². The monoisotopic (exact) mass is 258 g/mol. The highest BCUT2D eigenvalue weighted by molar-refractivity contribution is 6.30. The van der Waals surface area contributed by atoms with Crippen LogP contribution < -0.4 is 10.9 Å². The molecule has 8 heteroatoms. The number of carboxylic acid groups (broad SMARTS) is 1. The number of hydrogen-bond donors (Lipinski definition) is 3. The lowest BCUT2D eigenvalue weighted by molar-refractivity contribution is 0.155. The number of nitrogens with zero attached hydrogens (tertiary/aromatic N) is 2. The van der Waals surface area contributed by atoms with E-state index in [1.807, 2.05) is 0 Å². The van der Waals surface area contributed by atoms with Crippen molar-refractivity contribution in [2.24, 2.45) is 0 Å². The number of H-pyrrole nitrogens is 1. The highest BCUT2D eigenvalue weighted by Crippen LogP contribution is 2.12. The van der Waals surface area contributed by atoms with Crippen molar-refractivity contribution < 1.29 is 9.90 Å². The normalized spacial score (nSPS) is 19.4. The molecule has 0 saturated carbocycles. The molecule has 92 valence electrons. The van der Waals surface area contributed by atoms with Gasteiger partial charge in [0.25, 0.3) is 5.56 Å². The van der Waals surface area contributed by atoms with Gasteiger partial charge in [-0.3, -0.25) is 9.78 Å². The minimum atomic E-state index is -0.938. The number of nitrogens with one attached hydrogen (secondary N) is 2. The van der Waals surface area contributed by atoms with Gasteiger partial charge in [0.05, 0.1) is 6.20 Å². The molecule has 2 rings (SSSR count). The zero-order valence-corrected chi connectivity index (χ0v) is 9.57. The van der Waals surface area contributed by atoms with E-state index in [0.717, 1.165) is 0 Å². The Morgan fingerprint density at radius 3 is 3.06 bits per heavy atom. The standard InChI is InChI=1S/C9H11ClN4O3/c10-6-3-11-8(13-7(6)15)12-5-1-2-14(4-5)9(16)17/h3,5H,1-2,4H2,(H,16,17)(H2,11,12,13,15)/t5-/m1/s1. The van der Waals surface area contributed by atoms with Crippen molar-refractivity contribution in [3.63, 3.8) is 0 Å². The lowest BCUT2D eigenvalue weighted by Gasteiger charge is -2.13. The van der Waals surface area contributed by atoms with Gasteiger partial charge in [-0.2, -0.15) is 0 Å². The van der Waals surface area contributed by atoms with Crippen LogP contribution in [0.25, 0.3) is 0 Å². The summed E-state index contributed by atoms with van der Waals surface area (Å²) in [6.07, 6.45) is 0.998. The van der Waals surface area contributed by atoms with Crippen LogP contribution in [0.1, 0.15) is 6.42 Å². The molecule has 2 heterocycles. The van der Waals surface area contributed by atoms with Gasteiger partial charge in [-0.15, -0.1) is 0 Å². The Kier molecular flexibility index (Phi) is 3.19. The van der Waals surface area contributed by atoms with Crippen LogP contribution in [0.3, 0.4) is 0 Å². The highest BCUT2D eigenvalue weighted by Gasteiger charge is 2.26. The molecule has 0 unspecified atom stereocenters. The molecule has 1 aromatic rings. The molecule has 1 aliphatic rings. The lowest BCUT2D eigenvalue weighted by Crippen LogP contribution is -2.30. The number of carbonyl (C=O) groups is 1. The van der Waals surface area contributed by atoms with Gasteiger partial charge in [0, 0.05) is 19.1 Å². The number of anilines is 1. The first kappa shape index (κ1) is 11.7. The van der Waals surface area contributed by atoms with Gasteiger partial charge in [-0.05, 0) is 6.42 Å². The fourth-order valence-corrected chi connectivity index (χ4v) is 1.79. The van der Waals surface area contributed by atoms with Crippen LogP contribution in [0.4, 0.5) is 10.7 Å². The predicted octanol–water partition coefficient (Wildman–Crippen LogP) is 0.587. The van der Waals surface area contributed by atoms with Crippen LogP contribution in [0.5, 0.6) is 0 Å². The maximum Gasteiger partial charge on any atom is 0.407 e. The topological polar surface area (TPSA) is 98.3 Å². The summed E-state index contributed by atoms with van der Waals surface area (Å²) < 4.78 is 0. The maximum absolute atomic E-state index is 11.2. The number of aromatic nitrogens is 2. The third-order valence-corrected chi connectivity index (χ3v) is 2.82. The van der Waals surface area contributed by atoms with Gasteiger partial charge in [0.15, 0.2) is 0 Å². The molecule has 1 atom stereocenters. The molecule has 0 spiro atoms. The number of likely N-dealkylation sites (tertiary alicyclic amines) is 1. The Labute approximate surface area is 101 Å². The van der Waals surface area contributed by atoms with Crippen molar-refractivity contribution in [1.29, 1.82) is 0 Å². The SMILES string of the molecule is O=C(O)N1CC[C@@H](Nc2ncc(Cl)c(=O)[nH]2)C1. The first-order valence-electron chi connectivity index (χ1n) is 5.05. The van der Waals surface area contributed by atoms with Gasteiger partial charge < -0.3 is 15.3 Å². The maximum atomic E-state index is 11.2. The highest BCUT2D eigenvalue weighted by atomic mass is 35.5. The molecule has 3 N–H and O–H groups in total. The van der Waals surface area contributed by atoms with E-state index in [0.29, 0.717) is 25.5 Å². The molecule has 1 aliphatic heterocycles. The summed E-state index contributed by atoms with van der Waals surface area (Å²) in [7, 11) is 0. The van der Waals surface area contributed by atoms with Gasteiger partial charge in [-0.25, -0.2) is 9.78 Å². The van der Waals surface area contributed by atoms with Gasteiger partial charge in [-0.1, -0.05) is 11.6 Å². The zero-order valence-electron chi connectivity index (χ0n) is 8.81. The molecule has 0 radical (unpaired) electrons. The van der Waals surface area contributed by atoms with Crippen LogP contribution in [-0.2, 0) is 0 Å². The largest absolute Gasteiger partial charge is 0.465 e. The first-order chi connectivity index (χ1) is 8.06. The van der Waals surface area contributed by atoms with Crippen molar-refractivity contribution >= 4 is 23.6 Å². The van der Waals surface area contributed by atoms with Crippen LogP contribution in [0.2, 0.25) is 5.02 Å². The van der Waals surface area contributed by atoms with E-state index in [2.05, 4.69) is 15.3 Å². The molecule has 7 nitrogen and oxygen atoms in total. The summed E-state index contributed by atoms with van der Waals surface area (Å²) in [6, 6.07) is -0.0459. The molecular weight excluding hydrogens is 248 g/mol. The van der Waals surface area contributed by atoms with E-state index in [1.165, 1.54) is 11.1 Å². The van der Waals surface area contributed by atoms with Crippen LogP contribution in [0, 0.1) is 0 Å². The Morgan fingerprint density at radius 1 is 1.71 bits per heavy atom. The molecule has 1 amide bonds. The summed E-state index contributed by atoms with van der Waals surface area (Å²) in [6.45, 7) is 0.854. The summed E-state index contributed by atoms with van der Waals surface area (Å²) in [5.41, 5.74) is -0.419. The zero-order chi connectivity index (χ0) is 12.4. The average molecular weight is 259 g/mol. The van der Waals surface area contributed by atoms with E-state index in [4.69, 9.17) is 16.7 Å². The number of aromatic amines is 1. The minimum absolute atomic E-state index is 0.0223. The fourth-order valence-electron chi connectivity index (χ4n) is 1.70. The summed E-state index contributed by atoms with van der Waals surface area (Å²) in [4.78, 5) is 29.6. The average Bonchev–Trinajstić information content (AvgIpc) is 2.72. The molecule has 0 aromatic carbocycles. The van der Waals surface area contributed by atoms with Crippen LogP contribution in [-0.4, -0.2) is 45.2 Å². The lowest BCUT2D eigenvalue weighted by atomic mass is 10.3. The fraction of sp³-hybridized carbons (Fsp3) is 0.444. The second-order valence-electron chi connectivity index (χ2n) is 3.77. The summed E-state index contributed by atoms with van der Waals surface area (Å²) in [5, 5.41) is 11.8. The number of amides is 1. The Morgan fingerprint density at radius 2 is 2.47 bits per heavy atom. The second-order valence-corrected chi connectivity index (χ2v) is 4.17.